The van der Waals surface area contributed by atoms with Gasteiger partial charge in [0.1, 0.15) is 0 Å². The second-order valence-corrected chi connectivity index (χ2v) is 10.8. The van der Waals surface area contributed by atoms with Crippen molar-refractivity contribution in [3.63, 3.8) is 0 Å². The van der Waals surface area contributed by atoms with E-state index in [9.17, 15) is 14.1 Å². The summed E-state index contributed by atoms with van der Waals surface area (Å²) in [6, 6.07) is 0. The zero-order valence-corrected chi connectivity index (χ0v) is 15.1. The van der Waals surface area contributed by atoms with Crippen molar-refractivity contribution in [1.29, 1.82) is 0 Å². The lowest BCUT2D eigenvalue weighted by Gasteiger charge is -2.51. The molecule has 1 saturated heterocycles. The van der Waals surface area contributed by atoms with Crippen LogP contribution in [0.1, 0.15) is 53.4 Å². The van der Waals surface area contributed by atoms with Crippen LogP contribution in [0, 0.1) is 23.7 Å². The monoisotopic (exact) mass is 332 g/mol. The van der Waals surface area contributed by atoms with Gasteiger partial charge in [-0.15, -0.1) is 11.8 Å². The average Bonchev–Trinajstić information content (AvgIpc) is 2.40. The summed E-state index contributed by atoms with van der Waals surface area (Å²) >= 11 is 1.87. The lowest BCUT2D eigenvalue weighted by atomic mass is 9.76. The quantitative estimate of drug-likeness (QED) is 0.855. The minimum atomic E-state index is -1.06. The fourth-order valence-electron chi connectivity index (χ4n) is 4.03. The van der Waals surface area contributed by atoms with Gasteiger partial charge in [-0.1, -0.05) is 34.1 Å². The van der Waals surface area contributed by atoms with Gasteiger partial charge in [0, 0.05) is 16.0 Å². The predicted octanol–water partition coefficient (Wildman–Crippen LogP) is 3.75. The second-order valence-electron chi connectivity index (χ2n) is 7.15. The van der Waals surface area contributed by atoms with Crippen molar-refractivity contribution in [3.8, 4) is 0 Å². The van der Waals surface area contributed by atoms with Crippen LogP contribution in [0.5, 0.6) is 0 Å². The summed E-state index contributed by atoms with van der Waals surface area (Å²) in [4.78, 5) is 11.4. The van der Waals surface area contributed by atoms with Gasteiger partial charge in [-0.3, -0.25) is 9.00 Å². The Morgan fingerprint density at radius 1 is 1.29 bits per heavy atom. The van der Waals surface area contributed by atoms with Crippen LogP contribution in [0.15, 0.2) is 0 Å². The molecule has 21 heavy (non-hydrogen) atoms. The second kappa shape index (κ2) is 6.61. The third kappa shape index (κ3) is 3.19. The van der Waals surface area contributed by atoms with E-state index < -0.39 is 22.7 Å². The molecule has 5 heteroatoms. The van der Waals surface area contributed by atoms with Gasteiger partial charge in [-0.25, -0.2) is 0 Å². The Morgan fingerprint density at radius 2 is 1.95 bits per heavy atom. The SMILES string of the molecule is CC(C)[C@@H]1CC[C@@H](C)CC12SCCC([C@@H](C)C(=O)O)S2=O. The molecule has 122 valence electrons. The molecule has 0 aromatic heterocycles. The lowest BCUT2D eigenvalue weighted by Crippen LogP contribution is -2.53. The fourth-order valence-corrected chi connectivity index (χ4v) is 9.45. The van der Waals surface area contributed by atoms with Crippen molar-refractivity contribution in [2.45, 2.75) is 62.7 Å². The van der Waals surface area contributed by atoms with E-state index in [0.29, 0.717) is 17.8 Å². The summed E-state index contributed by atoms with van der Waals surface area (Å²) in [6.45, 7) is 8.43. The molecule has 1 heterocycles. The topological polar surface area (TPSA) is 54.4 Å². The highest BCUT2D eigenvalue weighted by atomic mass is 32.2. The standard InChI is InChI=1S/C16H28O3S2/c1-10(2)13-6-5-11(3)9-16(13)20-8-7-14(21(16)19)12(4)15(17)18/h10-14H,5-9H2,1-4H3,(H,17,18)/t11-,12-,13+,14?,16?,21?/m1/s1. The van der Waals surface area contributed by atoms with Crippen LogP contribution >= 0.6 is 11.8 Å². The number of carbonyl (C=O) groups is 1. The van der Waals surface area contributed by atoms with Crippen LogP contribution in [-0.4, -0.2) is 30.4 Å². The number of rotatable bonds is 3. The van der Waals surface area contributed by atoms with Gasteiger partial charge >= 0.3 is 5.97 Å². The van der Waals surface area contributed by atoms with E-state index in [1.165, 1.54) is 6.42 Å². The Hall–Kier alpha value is -0.0300. The lowest BCUT2D eigenvalue weighted by molar-refractivity contribution is -0.141. The smallest absolute Gasteiger partial charge is 0.307 e. The molecule has 0 aromatic carbocycles. The Labute approximate surface area is 135 Å². The highest BCUT2D eigenvalue weighted by Gasteiger charge is 2.54. The van der Waals surface area contributed by atoms with Gasteiger partial charge in [0.25, 0.3) is 0 Å². The highest BCUT2D eigenvalue weighted by molar-refractivity contribution is 8.13. The molecule has 3 nitrogen and oxygen atoms in total. The van der Waals surface area contributed by atoms with E-state index in [-0.39, 0.29) is 9.33 Å². The predicted molar refractivity (Wildman–Crippen MR) is 89.9 cm³/mol. The van der Waals surface area contributed by atoms with Gasteiger partial charge in [-0.05, 0) is 42.8 Å². The van der Waals surface area contributed by atoms with Crippen LogP contribution in [0.25, 0.3) is 0 Å². The summed E-state index contributed by atoms with van der Waals surface area (Å²) in [5.74, 6) is 1.18. The number of hydrogen-bond donors (Lipinski definition) is 1. The van der Waals surface area contributed by atoms with E-state index in [2.05, 4.69) is 20.8 Å². The van der Waals surface area contributed by atoms with Crippen LogP contribution in [-0.2, 0) is 15.6 Å². The van der Waals surface area contributed by atoms with Gasteiger partial charge in [0.05, 0.1) is 10.00 Å². The van der Waals surface area contributed by atoms with Crippen molar-refractivity contribution in [2.75, 3.05) is 5.75 Å². The first kappa shape index (κ1) is 17.3. The van der Waals surface area contributed by atoms with E-state index >= 15 is 0 Å². The number of aliphatic carboxylic acids is 1. The molecule has 2 rings (SSSR count). The average molecular weight is 333 g/mol. The first-order valence-corrected chi connectivity index (χ1v) is 10.3. The van der Waals surface area contributed by atoms with Crippen LogP contribution in [0.2, 0.25) is 0 Å². The minimum Gasteiger partial charge on any atom is -0.481 e. The van der Waals surface area contributed by atoms with E-state index in [4.69, 9.17) is 0 Å². The molecule has 0 bridgehead atoms. The van der Waals surface area contributed by atoms with E-state index in [1.54, 1.807) is 6.92 Å². The van der Waals surface area contributed by atoms with Crippen molar-refractivity contribution in [1.82, 2.24) is 0 Å². The molecular weight excluding hydrogens is 304 g/mol. The fraction of sp³-hybridized carbons (Fsp3) is 0.938. The molecule has 1 aliphatic carbocycles. The molecule has 1 saturated carbocycles. The summed E-state index contributed by atoms with van der Waals surface area (Å²) in [5.41, 5.74) is 0. The van der Waals surface area contributed by atoms with E-state index in [1.807, 2.05) is 11.8 Å². The summed E-state index contributed by atoms with van der Waals surface area (Å²) < 4.78 is 13.1. The summed E-state index contributed by atoms with van der Waals surface area (Å²) in [7, 11) is -1.06. The van der Waals surface area contributed by atoms with Gasteiger partial charge in [-0.2, -0.15) is 0 Å². The number of hydrogen-bond acceptors (Lipinski definition) is 3. The molecule has 3 unspecified atom stereocenters. The van der Waals surface area contributed by atoms with Crippen LogP contribution in [0.4, 0.5) is 0 Å². The molecule has 0 amide bonds. The van der Waals surface area contributed by atoms with E-state index in [0.717, 1.165) is 25.0 Å². The molecule has 1 spiro atoms. The molecule has 1 aliphatic heterocycles. The highest BCUT2D eigenvalue weighted by Crippen LogP contribution is 2.55. The van der Waals surface area contributed by atoms with Gasteiger partial charge < -0.3 is 5.11 Å². The van der Waals surface area contributed by atoms with Gasteiger partial charge in [0.2, 0.25) is 0 Å². The number of thioether (sulfide) groups is 1. The molecular formula is C16H28O3S2. The zero-order chi connectivity index (χ0) is 15.8. The first-order valence-electron chi connectivity index (χ1n) is 8.07. The molecule has 6 atom stereocenters. The van der Waals surface area contributed by atoms with Crippen molar-refractivity contribution >= 4 is 28.5 Å². The maximum atomic E-state index is 13.3. The Morgan fingerprint density at radius 3 is 2.52 bits per heavy atom. The summed E-state index contributed by atoms with van der Waals surface area (Å²) in [5, 5.41) is 9.14. The molecule has 2 aliphatic rings. The third-order valence-corrected chi connectivity index (χ3v) is 9.87. The maximum Gasteiger partial charge on any atom is 0.307 e. The van der Waals surface area contributed by atoms with Crippen molar-refractivity contribution < 1.29 is 14.1 Å². The Bertz CT molecular complexity index is 424. The van der Waals surface area contributed by atoms with Gasteiger partial charge in [0.15, 0.2) is 0 Å². The minimum absolute atomic E-state index is 0.185. The normalized spacial score (nSPS) is 42.1. The molecule has 1 N–H and O–H groups in total. The Kier molecular flexibility index (Phi) is 5.45. The largest absolute Gasteiger partial charge is 0.481 e. The maximum absolute atomic E-state index is 13.3. The van der Waals surface area contributed by atoms with Crippen LogP contribution < -0.4 is 0 Å². The van der Waals surface area contributed by atoms with Crippen molar-refractivity contribution in [3.05, 3.63) is 0 Å². The Balaban J connectivity index is 2.33. The number of carboxylic acid groups (broad SMARTS) is 1. The third-order valence-electron chi connectivity index (χ3n) is 5.28. The first-order chi connectivity index (χ1) is 9.79. The zero-order valence-electron chi connectivity index (χ0n) is 13.5. The van der Waals surface area contributed by atoms with Crippen LogP contribution in [0.3, 0.4) is 0 Å². The van der Waals surface area contributed by atoms with Crippen molar-refractivity contribution in [2.24, 2.45) is 23.7 Å². The summed E-state index contributed by atoms with van der Waals surface area (Å²) in [6.07, 6.45) is 4.09. The molecule has 2 fully saturated rings. The number of carboxylic acids is 1. The molecule has 0 aromatic rings. The molecule has 0 radical (unpaired) electrons.